The normalized spacial score (nSPS) is 27.1. The molecule has 2 aliphatic heterocycles. The number of hydrogen-bond donors (Lipinski definition) is 1. The molecule has 1 aromatic carbocycles. The van der Waals surface area contributed by atoms with Crippen molar-refractivity contribution in [1.82, 2.24) is 5.32 Å². The second-order valence-corrected chi connectivity index (χ2v) is 5.99. The Bertz CT molecular complexity index is 420. The van der Waals surface area contributed by atoms with Crippen molar-refractivity contribution < 1.29 is 4.74 Å². The average Bonchev–Trinajstić information content (AvgIpc) is 3.08. The lowest BCUT2D eigenvalue weighted by molar-refractivity contribution is 0.184. The van der Waals surface area contributed by atoms with E-state index >= 15 is 0 Å². The van der Waals surface area contributed by atoms with Crippen LogP contribution in [0, 0.1) is 5.92 Å². The van der Waals surface area contributed by atoms with Crippen molar-refractivity contribution in [2.24, 2.45) is 5.92 Å². The molecule has 0 saturated carbocycles. The van der Waals surface area contributed by atoms with Crippen molar-refractivity contribution in [3.63, 3.8) is 0 Å². The van der Waals surface area contributed by atoms with Gasteiger partial charge in [-0.15, -0.1) is 0 Å². The molecule has 0 aromatic heterocycles. The third kappa shape index (κ3) is 3.41. The Kier molecular flexibility index (Phi) is 4.26. The number of nitrogens with zero attached hydrogens (tertiary/aromatic N) is 1. The Balaban J connectivity index is 1.49. The Morgan fingerprint density at radius 3 is 3.11 bits per heavy atom. The molecule has 1 N–H and O–H groups in total. The summed E-state index contributed by atoms with van der Waals surface area (Å²) < 4.78 is 5.41. The van der Waals surface area contributed by atoms with E-state index in [2.05, 4.69) is 22.3 Å². The van der Waals surface area contributed by atoms with Gasteiger partial charge in [-0.1, -0.05) is 17.7 Å². The third-order valence-corrected chi connectivity index (χ3v) is 4.32. The van der Waals surface area contributed by atoms with Crippen LogP contribution in [0.3, 0.4) is 0 Å². The van der Waals surface area contributed by atoms with Gasteiger partial charge in [0.15, 0.2) is 0 Å². The molecular formula is C15H21ClN2O. The van der Waals surface area contributed by atoms with Crippen LogP contribution in [0.4, 0.5) is 5.69 Å². The number of hydrogen-bond acceptors (Lipinski definition) is 3. The van der Waals surface area contributed by atoms with E-state index in [9.17, 15) is 0 Å². The predicted molar refractivity (Wildman–Crippen MR) is 79.0 cm³/mol. The van der Waals surface area contributed by atoms with E-state index in [0.717, 1.165) is 37.9 Å². The molecule has 104 valence electrons. The maximum absolute atomic E-state index is 6.05. The summed E-state index contributed by atoms with van der Waals surface area (Å²) in [4.78, 5) is 2.41. The number of halogens is 1. The molecule has 2 saturated heterocycles. The SMILES string of the molecule is Clc1cccc(N2CC[C@H](NC[C@@H]3CCOC3)C2)c1. The van der Waals surface area contributed by atoms with Gasteiger partial charge in [0.1, 0.15) is 0 Å². The Hall–Kier alpha value is -0.770. The van der Waals surface area contributed by atoms with Crippen molar-refractivity contribution >= 4 is 17.3 Å². The lowest BCUT2D eigenvalue weighted by Crippen LogP contribution is -2.36. The lowest BCUT2D eigenvalue weighted by Gasteiger charge is -2.20. The standard InChI is InChI=1S/C15H21ClN2O/c16-13-2-1-3-15(8-13)18-6-4-14(10-18)17-9-12-5-7-19-11-12/h1-3,8,12,14,17H,4-7,9-11H2/t12-,14-/m0/s1. The molecule has 0 spiro atoms. The molecule has 19 heavy (non-hydrogen) atoms. The first-order valence-electron chi connectivity index (χ1n) is 7.13. The molecule has 1 aromatic rings. The Morgan fingerprint density at radius 1 is 1.37 bits per heavy atom. The fourth-order valence-corrected chi connectivity index (χ4v) is 3.10. The quantitative estimate of drug-likeness (QED) is 0.917. The van der Waals surface area contributed by atoms with E-state index in [1.807, 2.05) is 12.1 Å². The first kappa shape index (κ1) is 13.2. The highest BCUT2D eigenvalue weighted by Gasteiger charge is 2.24. The van der Waals surface area contributed by atoms with Crippen LogP contribution in [0.15, 0.2) is 24.3 Å². The van der Waals surface area contributed by atoms with E-state index in [-0.39, 0.29) is 0 Å². The van der Waals surface area contributed by atoms with E-state index < -0.39 is 0 Å². The summed E-state index contributed by atoms with van der Waals surface area (Å²) in [5, 5.41) is 4.50. The summed E-state index contributed by atoms with van der Waals surface area (Å²) in [5.41, 5.74) is 1.24. The smallest absolute Gasteiger partial charge is 0.0507 e. The maximum atomic E-state index is 6.05. The minimum atomic E-state index is 0.597. The zero-order valence-corrected chi connectivity index (χ0v) is 11.9. The molecule has 2 heterocycles. The highest BCUT2D eigenvalue weighted by Crippen LogP contribution is 2.23. The highest BCUT2D eigenvalue weighted by atomic mass is 35.5. The lowest BCUT2D eigenvalue weighted by atomic mass is 10.1. The van der Waals surface area contributed by atoms with Crippen LogP contribution >= 0.6 is 11.6 Å². The minimum Gasteiger partial charge on any atom is -0.381 e. The van der Waals surface area contributed by atoms with Crippen molar-refractivity contribution in [2.45, 2.75) is 18.9 Å². The van der Waals surface area contributed by atoms with Crippen molar-refractivity contribution in [3.8, 4) is 0 Å². The van der Waals surface area contributed by atoms with Crippen LogP contribution in [0.1, 0.15) is 12.8 Å². The average molecular weight is 281 g/mol. The van der Waals surface area contributed by atoms with Gasteiger partial charge in [-0.05, 0) is 37.0 Å². The van der Waals surface area contributed by atoms with E-state index in [1.54, 1.807) is 0 Å². The number of benzene rings is 1. The first-order chi connectivity index (χ1) is 9.31. The van der Waals surface area contributed by atoms with Gasteiger partial charge in [-0.25, -0.2) is 0 Å². The number of ether oxygens (including phenoxy) is 1. The second kappa shape index (κ2) is 6.12. The minimum absolute atomic E-state index is 0.597. The van der Waals surface area contributed by atoms with Gasteiger partial charge in [-0.3, -0.25) is 0 Å². The van der Waals surface area contributed by atoms with E-state index in [0.29, 0.717) is 12.0 Å². The molecule has 0 unspecified atom stereocenters. The van der Waals surface area contributed by atoms with E-state index in [1.165, 1.54) is 18.5 Å². The van der Waals surface area contributed by atoms with Crippen LogP contribution in [-0.2, 0) is 4.74 Å². The molecule has 0 bridgehead atoms. The topological polar surface area (TPSA) is 24.5 Å². The van der Waals surface area contributed by atoms with Gasteiger partial charge in [0.05, 0.1) is 6.61 Å². The summed E-state index contributed by atoms with van der Waals surface area (Å²) in [6.45, 7) is 5.14. The zero-order valence-electron chi connectivity index (χ0n) is 11.1. The predicted octanol–water partition coefficient (Wildman–Crippen LogP) is 2.54. The van der Waals surface area contributed by atoms with Crippen LogP contribution < -0.4 is 10.2 Å². The molecule has 2 aliphatic rings. The Morgan fingerprint density at radius 2 is 2.32 bits per heavy atom. The molecule has 2 fully saturated rings. The number of nitrogens with one attached hydrogen (secondary N) is 1. The summed E-state index contributed by atoms with van der Waals surface area (Å²) in [6, 6.07) is 8.73. The van der Waals surface area contributed by atoms with Gasteiger partial charge in [0, 0.05) is 43.0 Å². The molecule has 2 atom stereocenters. The van der Waals surface area contributed by atoms with Crippen LogP contribution in [0.2, 0.25) is 5.02 Å². The van der Waals surface area contributed by atoms with Gasteiger partial charge >= 0.3 is 0 Å². The fraction of sp³-hybridized carbons (Fsp3) is 0.600. The fourth-order valence-electron chi connectivity index (χ4n) is 2.91. The summed E-state index contributed by atoms with van der Waals surface area (Å²) >= 11 is 6.05. The van der Waals surface area contributed by atoms with Crippen molar-refractivity contribution in [3.05, 3.63) is 29.3 Å². The largest absolute Gasteiger partial charge is 0.381 e. The van der Waals surface area contributed by atoms with Crippen LogP contribution in [0.5, 0.6) is 0 Å². The van der Waals surface area contributed by atoms with Crippen LogP contribution in [-0.4, -0.2) is 38.9 Å². The molecule has 3 rings (SSSR count). The zero-order chi connectivity index (χ0) is 13.1. The van der Waals surface area contributed by atoms with Crippen molar-refractivity contribution in [1.29, 1.82) is 0 Å². The summed E-state index contributed by atoms with van der Waals surface area (Å²) in [7, 11) is 0. The summed E-state index contributed by atoms with van der Waals surface area (Å²) in [6.07, 6.45) is 2.41. The molecular weight excluding hydrogens is 260 g/mol. The molecule has 0 amide bonds. The second-order valence-electron chi connectivity index (χ2n) is 5.55. The van der Waals surface area contributed by atoms with Gasteiger partial charge < -0.3 is 15.0 Å². The van der Waals surface area contributed by atoms with E-state index in [4.69, 9.17) is 16.3 Å². The third-order valence-electron chi connectivity index (χ3n) is 4.08. The van der Waals surface area contributed by atoms with Gasteiger partial charge in [-0.2, -0.15) is 0 Å². The van der Waals surface area contributed by atoms with Crippen molar-refractivity contribution in [2.75, 3.05) is 37.7 Å². The number of anilines is 1. The highest BCUT2D eigenvalue weighted by molar-refractivity contribution is 6.30. The molecule has 4 heteroatoms. The van der Waals surface area contributed by atoms with Gasteiger partial charge in [0.25, 0.3) is 0 Å². The van der Waals surface area contributed by atoms with Gasteiger partial charge in [0.2, 0.25) is 0 Å². The number of rotatable bonds is 4. The molecule has 3 nitrogen and oxygen atoms in total. The van der Waals surface area contributed by atoms with Crippen LogP contribution in [0.25, 0.3) is 0 Å². The summed E-state index contributed by atoms with van der Waals surface area (Å²) in [5.74, 6) is 0.709. The molecule has 0 radical (unpaired) electrons. The monoisotopic (exact) mass is 280 g/mol. The first-order valence-corrected chi connectivity index (χ1v) is 7.51. The maximum Gasteiger partial charge on any atom is 0.0507 e. The molecule has 0 aliphatic carbocycles. The Labute approximate surface area is 119 Å².